The van der Waals surface area contributed by atoms with Crippen LogP contribution in [0, 0.1) is 13.8 Å². The van der Waals surface area contributed by atoms with E-state index in [4.69, 9.17) is 0 Å². The second kappa shape index (κ2) is 7.59. The Bertz CT molecular complexity index is 653. The van der Waals surface area contributed by atoms with Crippen molar-refractivity contribution in [2.45, 2.75) is 40.3 Å². The molecule has 22 heavy (non-hydrogen) atoms. The predicted molar refractivity (Wildman–Crippen MR) is 86.3 cm³/mol. The number of hydrogen-bond donors (Lipinski definition) is 1. The third-order valence-corrected chi connectivity index (χ3v) is 3.48. The monoisotopic (exact) mass is 301 g/mol. The Balaban J connectivity index is 1.73. The maximum Gasteiger partial charge on any atom is 0.244 e. The highest BCUT2D eigenvalue weighted by Gasteiger charge is 2.02. The molecule has 1 amide bonds. The van der Waals surface area contributed by atoms with Gasteiger partial charge in [0, 0.05) is 43.2 Å². The summed E-state index contributed by atoms with van der Waals surface area (Å²) in [5.74, 6) is -0.0831. The van der Waals surface area contributed by atoms with Crippen LogP contribution in [0.1, 0.15) is 30.2 Å². The zero-order chi connectivity index (χ0) is 15.9. The zero-order valence-corrected chi connectivity index (χ0v) is 13.4. The van der Waals surface area contributed by atoms with Crippen molar-refractivity contribution in [2.24, 2.45) is 0 Å². The molecule has 0 radical (unpaired) electrons. The van der Waals surface area contributed by atoms with Gasteiger partial charge >= 0.3 is 0 Å². The molecule has 118 valence electrons. The van der Waals surface area contributed by atoms with Gasteiger partial charge in [0.1, 0.15) is 0 Å². The molecule has 0 bridgehead atoms. The summed E-state index contributed by atoms with van der Waals surface area (Å²) in [6.07, 6.45) is 9.83. The van der Waals surface area contributed by atoms with Crippen LogP contribution in [-0.4, -0.2) is 32.0 Å². The van der Waals surface area contributed by atoms with E-state index in [9.17, 15) is 4.79 Å². The molecule has 0 atom stereocenters. The average molecular weight is 301 g/mol. The van der Waals surface area contributed by atoms with Crippen LogP contribution in [0.3, 0.4) is 0 Å². The molecular formula is C16H23N5O. The fraction of sp³-hybridized carbons (Fsp3) is 0.438. The number of aromatic nitrogens is 4. The molecule has 0 unspecified atom stereocenters. The van der Waals surface area contributed by atoms with Gasteiger partial charge in [0.2, 0.25) is 5.91 Å². The van der Waals surface area contributed by atoms with E-state index in [1.54, 1.807) is 18.3 Å². The van der Waals surface area contributed by atoms with Crippen LogP contribution in [0.4, 0.5) is 0 Å². The fourth-order valence-electron chi connectivity index (χ4n) is 2.21. The van der Waals surface area contributed by atoms with Crippen LogP contribution in [0.15, 0.2) is 24.7 Å². The molecule has 2 heterocycles. The maximum atomic E-state index is 11.8. The molecule has 0 spiro atoms. The van der Waals surface area contributed by atoms with Gasteiger partial charge in [0.15, 0.2) is 0 Å². The van der Waals surface area contributed by atoms with E-state index in [1.165, 1.54) is 0 Å². The van der Waals surface area contributed by atoms with Gasteiger partial charge in [0.05, 0.1) is 12.4 Å². The highest BCUT2D eigenvalue weighted by molar-refractivity contribution is 5.91. The van der Waals surface area contributed by atoms with Gasteiger partial charge in [-0.2, -0.15) is 10.2 Å². The summed E-state index contributed by atoms with van der Waals surface area (Å²) < 4.78 is 3.80. The van der Waals surface area contributed by atoms with Crippen molar-refractivity contribution in [3.8, 4) is 0 Å². The molecule has 1 N–H and O–H groups in total. The first kappa shape index (κ1) is 16.0. The number of nitrogens with zero attached hydrogens (tertiary/aromatic N) is 4. The number of amides is 1. The Morgan fingerprint density at radius 3 is 2.77 bits per heavy atom. The number of hydrogen-bond acceptors (Lipinski definition) is 3. The first-order chi connectivity index (χ1) is 10.6. The van der Waals surface area contributed by atoms with Gasteiger partial charge in [-0.15, -0.1) is 0 Å². The van der Waals surface area contributed by atoms with E-state index < -0.39 is 0 Å². The summed E-state index contributed by atoms with van der Waals surface area (Å²) in [6, 6.07) is 0. The zero-order valence-electron chi connectivity index (χ0n) is 13.4. The van der Waals surface area contributed by atoms with E-state index in [2.05, 4.69) is 15.5 Å². The number of nitrogens with one attached hydrogen (secondary N) is 1. The standard InChI is InChI=1S/C16H23N5O/c1-4-21-14(3)15(11-19-21)6-7-16(22)17-8-5-9-20-12-13(2)10-18-20/h6-7,10-12H,4-5,8-9H2,1-3H3,(H,17,22)/b7-6+. The van der Waals surface area contributed by atoms with Crippen LogP contribution in [0.25, 0.3) is 6.08 Å². The smallest absolute Gasteiger partial charge is 0.244 e. The van der Waals surface area contributed by atoms with Crippen LogP contribution in [0.2, 0.25) is 0 Å². The quantitative estimate of drug-likeness (QED) is 0.628. The Hall–Kier alpha value is -2.37. The molecule has 0 aromatic carbocycles. The molecule has 0 fully saturated rings. The minimum Gasteiger partial charge on any atom is -0.352 e. The van der Waals surface area contributed by atoms with Crippen molar-refractivity contribution < 1.29 is 4.79 Å². The molecule has 0 saturated carbocycles. The molecule has 2 rings (SSSR count). The van der Waals surface area contributed by atoms with Crippen LogP contribution in [-0.2, 0) is 17.9 Å². The van der Waals surface area contributed by atoms with Crippen molar-refractivity contribution in [1.29, 1.82) is 0 Å². The van der Waals surface area contributed by atoms with Gasteiger partial charge in [-0.05, 0) is 38.8 Å². The summed E-state index contributed by atoms with van der Waals surface area (Å²) in [4.78, 5) is 11.8. The van der Waals surface area contributed by atoms with E-state index >= 15 is 0 Å². The Labute approximate surface area is 130 Å². The predicted octanol–water partition coefficient (Wildman–Crippen LogP) is 1.94. The number of carbonyl (C=O) groups excluding carboxylic acids is 1. The topological polar surface area (TPSA) is 64.7 Å². The largest absolute Gasteiger partial charge is 0.352 e. The van der Waals surface area contributed by atoms with E-state index in [-0.39, 0.29) is 5.91 Å². The van der Waals surface area contributed by atoms with Crippen molar-refractivity contribution in [3.63, 3.8) is 0 Å². The van der Waals surface area contributed by atoms with Gasteiger partial charge < -0.3 is 5.32 Å². The summed E-state index contributed by atoms with van der Waals surface area (Å²) in [7, 11) is 0. The lowest BCUT2D eigenvalue weighted by Gasteiger charge is -2.03. The summed E-state index contributed by atoms with van der Waals surface area (Å²) in [5, 5.41) is 11.3. The number of aryl methyl sites for hydroxylation is 3. The van der Waals surface area contributed by atoms with E-state index in [0.29, 0.717) is 6.54 Å². The van der Waals surface area contributed by atoms with Crippen molar-refractivity contribution >= 4 is 12.0 Å². The van der Waals surface area contributed by atoms with Crippen LogP contribution in [0.5, 0.6) is 0 Å². The number of carbonyl (C=O) groups is 1. The first-order valence-corrected chi connectivity index (χ1v) is 7.57. The molecule has 0 saturated heterocycles. The van der Waals surface area contributed by atoms with Gasteiger partial charge in [-0.25, -0.2) is 0 Å². The second-order valence-electron chi connectivity index (χ2n) is 5.26. The molecular weight excluding hydrogens is 278 g/mol. The van der Waals surface area contributed by atoms with Crippen molar-refractivity contribution in [1.82, 2.24) is 24.9 Å². The van der Waals surface area contributed by atoms with Crippen LogP contribution >= 0.6 is 0 Å². The summed E-state index contributed by atoms with van der Waals surface area (Å²) >= 11 is 0. The Morgan fingerprint density at radius 2 is 2.14 bits per heavy atom. The maximum absolute atomic E-state index is 11.8. The van der Waals surface area contributed by atoms with Gasteiger partial charge in [-0.1, -0.05) is 0 Å². The molecule has 0 aliphatic carbocycles. The number of rotatable bonds is 7. The lowest BCUT2D eigenvalue weighted by atomic mass is 10.2. The average Bonchev–Trinajstić information content (AvgIpc) is 3.07. The van der Waals surface area contributed by atoms with E-state index in [0.717, 1.165) is 36.3 Å². The highest BCUT2D eigenvalue weighted by atomic mass is 16.1. The molecule has 0 aliphatic heterocycles. The van der Waals surface area contributed by atoms with Crippen LogP contribution < -0.4 is 5.32 Å². The first-order valence-electron chi connectivity index (χ1n) is 7.57. The van der Waals surface area contributed by atoms with Gasteiger partial charge in [-0.3, -0.25) is 14.2 Å². The fourth-order valence-corrected chi connectivity index (χ4v) is 2.21. The molecule has 2 aromatic heterocycles. The SMILES string of the molecule is CCn1ncc(/C=C/C(=O)NCCCn2cc(C)cn2)c1C. The second-order valence-corrected chi connectivity index (χ2v) is 5.26. The minimum atomic E-state index is -0.0831. The third-order valence-electron chi connectivity index (χ3n) is 3.48. The lowest BCUT2D eigenvalue weighted by Crippen LogP contribution is -2.23. The normalized spacial score (nSPS) is 11.2. The highest BCUT2D eigenvalue weighted by Crippen LogP contribution is 2.08. The third kappa shape index (κ3) is 4.31. The summed E-state index contributed by atoms with van der Waals surface area (Å²) in [6.45, 7) is 8.33. The lowest BCUT2D eigenvalue weighted by molar-refractivity contribution is -0.116. The van der Waals surface area contributed by atoms with Crippen molar-refractivity contribution in [2.75, 3.05) is 6.54 Å². The molecule has 6 heteroatoms. The van der Waals surface area contributed by atoms with Crippen molar-refractivity contribution in [3.05, 3.63) is 41.5 Å². The minimum absolute atomic E-state index is 0.0831. The molecule has 0 aliphatic rings. The molecule has 6 nitrogen and oxygen atoms in total. The Kier molecular flexibility index (Phi) is 5.52. The van der Waals surface area contributed by atoms with Gasteiger partial charge in [0.25, 0.3) is 0 Å². The summed E-state index contributed by atoms with van der Waals surface area (Å²) in [5.41, 5.74) is 3.19. The van der Waals surface area contributed by atoms with E-state index in [1.807, 2.05) is 42.5 Å². The Morgan fingerprint density at radius 1 is 1.32 bits per heavy atom. The molecule has 2 aromatic rings.